The zero-order valence-electron chi connectivity index (χ0n) is 9.79. The van der Waals surface area contributed by atoms with Crippen LogP contribution in [0.3, 0.4) is 0 Å². The molecular weight excluding hydrogens is 288 g/mol. The van der Waals surface area contributed by atoms with E-state index in [4.69, 9.17) is 23.2 Å². The molecule has 0 aliphatic heterocycles. The van der Waals surface area contributed by atoms with Gasteiger partial charge < -0.3 is 5.32 Å². The van der Waals surface area contributed by atoms with Crippen LogP contribution >= 0.6 is 23.2 Å². The smallest absolute Gasteiger partial charge is 0.229 e. The van der Waals surface area contributed by atoms with Gasteiger partial charge in [0.1, 0.15) is 5.82 Å². The molecule has 2 rings (SSSR count). The molecule has 0 fully saturated rings. The molecule has 0 radical (unpaired) electrons. The topological polar surface area (TPSA) is 29.1 Å². The van der Waals surface area contributed by atoms with Crippen LogP contribution in [-0.4, -0.2) is 5.91 Å². The average molecular weight is 298 g/mol. The van der Waals surface area contributed by atoms with Crippen molar-refractivity contribution in [1.82, 2.24) is 0 Å². The van der Waals surface area contributed by atoms with Crippen molar-refractivity contribution in [2.24, 2.45) is 0 Å². The number of anilines is 1. The molecule has 0 unspecified atom stereocenters. The Balaban J connectivity index is 2.12. The molecule has 0 bridgehead atoms. The minimum absolute atomic E-state index is 0.142. The predicted molar refractivity (Wildman–Crippen MR) is 75.2 cm³/mol. The number of hydrogen-bond donors (Lipinski definition) is 1. The first kappa shape index (κ1) is 13.8. The molecule has 19 heavy (non-hydrogen) atoms. The van der Waals surface area contributed by atoms with E-state index in [9.17, 15) is 9.18 Å². The fourth-order valence-corrected chi connectivity index (χ4v) is 2.03. The molecular formula is C14H10Cl2FNO. The van der Waals surface area contributed by atoms with E-state index in [0.29, 0.717) is 10.7 Å². The maximum absolute atomic E-state index is 13.5. The van der Waals surface area contributed by atoms with Crippen molar-refractivity contribution in [3.05, 3.63) is 63.9 Å². The summed E-state index contributed by atoms with van der Waals surface area (Å²) in [5, 5.41) is 3.27. The van der Waals surface area contributed by atoms with Crippen molar-refractivity contribution in [3.8, 4) is 0 Å². The third-order valence-electron chi connectivity index (χ3n) is 2.55. The Hall–Kier alpha value is -1.58. The van der Waals surface area contributed by atoms with Gasteiger partial charge in [-0.3, -0.25) is 4.79 Å². The standard InChI is InChI=1S/C14H10Cl2FNO/c15-10-5-3-6-12(17)9(10)8-14(19)18-13-7-2-1-4-11(13)16/h1-7H,8H2,(H,18,19). The summed E-state index contributed by atoms with van der Waals surface area (Å²) in [5.74, 6) is -0.873. The van der Waals surface area contributed by atoms with Crippen LogP contribution in [0.1, 0.15) is 5.56 Å². The molecule has 2 aromatic rings. The van der Waals surface area contributed by atoms with Gasteiger partial charge in [0.15, 0.2) is 0 Å². The number of carbonyl (C=O) groups excluding carboxylic acids is 1. The maximum atomic E-state index is 13.5. The van der Waals surface area contributed by atoms with Crippen molar-refractivity contribution in [2.75, 3.05) is 5.32 Å². The quantitative estimate of drug-likeness (QED) is 0.898. The highest BCUT2D eigenvalue weighted by Gasteiger charge is 2.12. The molecule has 0 aliphatic rings. The summed E-state index contributed by atoms with van der Waals surface area (Å²) in [6, 6.07) is 11.1. The fourth-order valence-electron chi connectivity index (χ4n) is 1.62. The highest BCUT2D eigenvalue weighted by atomic mass is 35.5. The number of para-hydroxylation sites is 1. The van der Waals surface area contributed by atoms with E-state index in [0.717, 1.165) is 0 Å². The van der Waals surface area contributed by atoms with Gasteiger partial charge in [-0.25, -0.2) is 4.39 Å². The molecule has 1 N–H and O–H groups in total. The third-order valence-corrected chi connectivity index (χ3v) is 3.23. The molecule has 0 atom stereocenters. The summed E-state index contributed by atoms with van der Waals surface area (Å²) in [7, 11) is 0. The third kappa shape index (κ3) is 3.46. The summed E-state index contributed by atoms with van der Waals surface area (Å²) >= 11 is 11.8. The highest BCUT2D eigenvalue weighted by molar-refractivity contribution is 6.33. The number of benzene rings is 2. The normalized spacial score (nSPS) is 10.3. The second kappa shape index (κ2) is 6.04. The zero-order chi connectivity index (χ0) is 13.8. The molecule has 5 heteroatoms. The molecule has 0 heterocycles. The second-order valence-electron chi connectivity index (χ2n) is 3.91. The summed E-state index contributed by atoms with van der Waals surface area (Å²) < 4.78 is 13.5. The lowest BCUT2D eigenvalue weighted by Crippen LogP contribution is -2.15. The van der Waals surface area contributed by atoms with E-state index in [-0.39, 0.29) is 22.9 Å². The number of amides is 1. The monoisotopic (exact) mass is 297 g/mol. The van der Waals surface area contributed by atoms with Gasteiger partial charge >= 0.3 is 0 Å². The number of carbonyl (C=O) groups is 1. The largest absolute Gasteiger partial charge is 0.324 e. The van der Waals surface area contributed by atoms with Crippen LogP contribution in [0.4, 0.5) is 10.1 Å². The van der Waals surface area contributed by atoms with Crippen molar-refractivity contribution in [2.45, 2.75) is 6.42 Å². The van der Waals surface area contributed by atoms with E-state index >= 15 is 0 Å². The van der Waals surface area contributed by atoms with Crippen LogP contribution in [-0.2, 0) is 11.2 Å². The minimum Gasteiger partial charge on any atom is -0.324 e. The molecule has 98 valence electrons. The van der Waals surface area contributed by atoms with Gasteiger partial charge in [0.2, 0.25) is 5.91 Å². The first-order chi connectivity index (χ1) is 9.08. The van der Waals surface area contributed by atoms with Gasteiger partial charge in [-0.15, -0.1) is 0 Å². The fraction of sp³-hybridized carbons (Fsp3) is 0.0714. The van der Waals surface area contributed by atoms with Gasteiger partial charge in [-0.2, -0.15) is 0 Å². The molecule has 2 nitrogen and oxygen atoms in total. The Morgan fingerprint density at radius 3 is 2.42 bits per heavy atom. The molecule has 2 aromatic carbocycles. The molecule has 0 saturated heterocycles. The summed E-state index contributed by atoms with van der Waals surface area (Å²) in [6.45, 7) is 0. The molecule has 0 aliphatic carbocycles. The Labute approximate surface area is 120 Å². The van der Waals surface area contributed by atoms with E-state index in [1.165, 1.54) is 12.1 Å². The van der Waals surface area contributed by atoms with Gasteiger partial charge in [0.05, 0.1) is 17.1 Å². The van der Waals surface area contributed by atoms with E-state index < -0.39 is 5.82 Å². The Morgan fingerprint density at radius 1 is 1.05 bits per heavy atom. The van der Waals surface area contributed by atoms with Crippen LogP contribution < -0.4 is 5.32 Å². The zero-order valence-corrected chi connectivity index (χ0v) is 11.3. The minimum atomic E-state index is -0.498. The Kier molecular flexibility index (Phi) is 4.40. The van der Waals surface area contributed by atoms with Crippen molar-refractivity contribution >= 4 is 34.8 Å². The first-order valence-corrected chi connectivity index (χ1v) is 6.31. The van der Waals surface area contributed by atoms with Crippen LogP contribution in [0.25, 0.3) is 0 Å². The summed E-state index contributed by atoms with van der Waals surface area (Å²) in [6.07, 6.45) is -0.142. The lowest BCUT2D eigenvalue weighted by molar-refractivity contribution is -0.115. The molecule has 0 spiro atoms. The molecule has 1 amide bonds. The lowest BCUT2D eigenvalue weighted by Gasteiger charge is -2.08. The number of halogens is 3. The average Bonchev–Trinajstić information content (AvgIpc) is 2.37. The van der Waals surface area contributed by atoms with Gasteiger partial charge in [-0.1, -0.05) is 41.4 Å². The highest BCUT2D eigenvalue weighted by Crippen LogP contribution is 2.22. The van der Waals surface area contributed by atoms with Crippen LogP contribution in [0.2, 0.25) is 10.0 Å². The van der Waals surface area contributed by atoms with Crippen molar-refractivity contribution in [3.63, 3.8) is 0 Å². The Bertz CT molecular complexity index is 596. The molecule has 0 aromatic heterocycles. The van der Waals surface area contributed by atoms with Gasteiger partial charge in [-0.05, 0) is 24.3 Å². The van der Waals surface area contributed by atoms with E-state index in [1.807, 2.05) is 0 Å². The summed E-state index contributed by atoms with van der Waals surface area (Å²) in [5.41, 5.74) is 0.662. The van der Waals surface area contributed by atoms with Gasteiger partial charge in [0.25, 0.3) is 0 Å². The Morgan fingerprint density at radius 2 is 1.74 bits per heavy atom. The van der Waals surface area contributed by atoms with Crippen molar-refractivity contribution in [1.29, 1.82) is 0 Å². The van der Waals surface area contributed by atoms with E-state index in [1.54, 1.807) is 30.3 Å². The predicted octanol–water partition coefficient (Wildman–Crippen LogP) is 4.31. The second-order valence-corrected chi connectivity index (χ2v) is 4.72. The van der Waals surface area contributed by atoms with Crippen LogP contribution in [0.5, 0.6) is 0 Å². The lowest BCUT2D eigenvalue weighted by atomic mass is 10.1. The van der Waals surface area contributed by atoms with E-state index in [2.05, 4.69) is 5.32 Å². The maximum Gasteiger partial charge on any atom is 0.229 e. The summed E-state index contributed by atoms with van der Waals surface area (Å²) in [4.78, 5) is 11.8. The number of nitrogens with one attached hydrogen (secondary N) is 1. The number of hydrogen-bond acceptors (Lipinski definition) is 1. The number of rotatable bonds is 3. The van der Waals surface area contributed by atoms with Crippen LogP contribution in [0.15, 0.2) is 42.5 Å². The molecule has 0 saturated carbocycles. The first-order valence-electron chi connectivity index (χ1n) is 5.55. The SMILES string of the molecule is O=C(Cc1c(F)cccc1Cl)Nc1ccccc1Cl. The van der Waals surface area contributed by atoms with Crippen molar-refractivity contribution < 1.29 is 9.18 Å². The van der Waals surface area contributed by atoms with Crippen LogP contribution in [0, 0.1) is 5.82 Å². The van der Waals surface area contributed by atoms with Gasteiger partial charge in [0, 0.05) is 10.6 Å².